The average Bonchev–Trinajstić information content (AvgIpc) is 3.59. The van der Waals surface area contributed by atoms with Crippen LogP contribution < -0.4 is 15.0 Å². The highest BCUT2D eigenvalue weighted by atomic mass is 16.5. The minimum Gasteiger partial charge on any atom is -0.481 e. The molecule has 1 saturated heterocycles. The van der Waals surface area contributed by atoms with Gasteiger partial charge in [-0.15, -0.1) is 0 Å². The summed E-state index contributed by atoms with van der Waals surface area (Å²) in [6, 6.07) is 7.30. The third-order valence-corrected chi connectivity index (χ3v) is 5.33. The van der Waals surface area contributed by atoms with Crippen LogP contribution in [0.15, 0.2) is 41.2 Å². The molecule has 11 heteroatoms. The van der Waals surface area contributed by atoms with Gasteiger partial charge in [0.25, 0.3) is 0 Å². The maximum absolute atomic E-state index is 5.66. The van der Waals surface area contributed by atoms with Crippen molar-refractivity contribution in [3.8, 4) is 17.4 Å². The van der Waals surface area contributed by atoms with Crippen molar-refractivity contribution >= 4 is 17.6 Å². The largest absolute Gasteiger partial charge is 0.481 e. The Balaban J connectivity index is 1.42. The molecule has 4 aromatic heterocycles. The van der Waals surface area contributed by atoms with Gasteiger partial charge in [-0.05, 0) is 25.3 Å². The monoisotopic (exact) mass is 433 g/mol. The highest BCUT2D eigenvalue weighted by molar-refractivity contribution is 5.56. The minimum absolute atomic E-state index is 0.0444. The molecule has 5 heterocycles. The smallest absolute Gasteiger partial charge is 0.231 e. The lowest BCUT2D eigenvalue weighted by atomic mass is 10.1. The quantitative estimate of drug-likeness (QED) is 0.447. The summed E-state index contributed by atoms with van der Waals surface area (Å²) in [5.41, 5.74) is 1.64. The second-order valence-corrected chi connectivity index (χ2v) is 7.39. The number of hydrogen-bond acceptors (Lipinski definition) is 10. The zero-order valence-electron chi connectivity index (χ0n) is 17.8. The summed E-state index contributed by atoms with van der Waals surface area (Å²) in [7, 11) is 1.59. The van der Waals surface area contributed by atoms with E-state index in [9.17, 15) is 0 Å². The molecule has 11 nitrogen and oxygen atoms in total. The van der Waals surface area contributed by atoms with Crippen molar-refractivity contribution in [2.75, 3.05) is 23.9 Å². The van der Waals surface area contributed by atoms with E-state index in [-0.39, 0.29) is 6.04 Å². The van der Waals surface area contributed by atoms with Crippen LogP contribution in [0.25, 0.3) is 11.5 Å². The molecule has 5 rings (SSSR count). The number of anilines is 3. The van der Waals surface area contributed by atoms with E-state index >= 15 is 0 Å². The average molecular weight is 433 g/mol. The lowest BCUT2D eigenvalue weighted by molar-refractivity contribution is 0.361. The second kappa shape index (κ2) is 8.61. The van der Waals surface area contributed by atoms with Crippen LogP contribution in [-0.4, -0.2) is 48.9 Å². The van der Waals surface area contributed by atoms with Gasteiger partial charge in [0.2, 0.25) is 11.8 Å². The zero-order valence-corrected chi connectivity index (χ0v) is 17.8. The number of ether oxygens (including phenoxy) is 1. The molecule has 1 aliphatic rings. The Morgan fingerprint density at radius 3 is 2.84 bits per heavy atom. The van der Waals surface area contributed by atoms with Crippen molar-refractivity contribution < 1.29 is 9.26 Å². The van der Waals surface area contributed by atoms with Gasteiger partial charge in [0.05, 0.1) is 13.2 Å². The number of hydrogen-bond donors (Lipinski definition) is 2. The summed E-state index contributed by atoms with van der Waals surface area (Å²) >= 11 is 0. The molecule has 0 aliphatic carbocycles. The number of nitrogens with one attached hydrogen (secondary N) is 2. The Hall–Kier alpha value is -4.02. The molecule has 2 N–H and O–H groups in total. The predicted molar refractivity (Wildman–Crippen MR) is 117 cm³/mol. The van der Waals surface area contributed by atoms with Gasteiger partial charge in [0, 0.05) is 42.8 Å². The zero-order chi connectivity index (χ0) is 21.9. The first kappa shape index (κ1) is 19.9. The van der Waals surface area contributed by atoms with Gasteiger partial charge in [-0.2, -0.15) is 15.1 Å². The van der Waals surface area contributed by atoms with E-state index in [1.54, 1.807) is 31.6 Å². The fraction of sp³-hybridized carbons (Fsp3) is 0.333. The summed E-state index contributed by atoms with van der Waals surface area (Å²) < 4.78 is 11.1. The van der Waals surface area contributed by atoms with Crippen LogP contribution in [0.2, 0.25) is 0 Å². The minimum atomic E-state index is -0.0444. The molecule has 1 aliphatic heterocycles. The van der Waals surface area contributed by atoms with Gasteiger partial charge in [-0.3, -0.25) is 5.10 Å². The first-order valence-electron chi connectivity index (χ1n) is 10.5. The van der Waals surface area contributed by atoms with Gasteiger partial charge >= 0.3 is 0 Å². The van der Waals surface area contributed by atoms with E-state index in [1.165, 1.54) is 0 Å². The summed E-state index contributed by atoms with van der Waals surface area (Å²) in [5, 5.41) is 14.6. The van der Waals surface area contributed by atoms with Crippen molar-refractivity contribution in [2.45, 2.75) is 32.2 Å². The third-order valence-electron chi connectivity index (χ3n) is 5.33. The maximum atomic E-state index is 5.66. The lowest BCUT2D eigenvalue weighted by Crippen LogP contribution is -2.24. The fourth-order valence-electron chi connectivity index (χ4n) is 3.73. The van der Waals surface area contributed by atoms with Gasteiger partial charge in [-0.25, -0.2) is 9.97 Å². The van der Waals surface area contributed by atoms with E-state index < -0.39 is 0 Å². The van der Waals surface area contributed by atoms with E-state index in [0.717, 1.165) is 37.3 Å². The first-order chi connectivity index (χ1) is 15.7. The summed E-state index contributed by atoms with van der Waals surface area (Å²) in [6.07, 6.45) is 6.10. The number of aromatic nitrogens is 7. The standard InChI is InChI=1S/C21H23N9O2/c1-3-13-10-18(28-27-13)24-17-12-19(31-2)26-21(25-17)30-9-4-6-15(30)16-11-14(29-32-16)20-22-7-5-8-23-20/h5,7-8,10-12,15H,3-4,6,9H2,1-2H3,(H2,24,25,26,27,28). The van der Waals surface area contributed by atoms with Crippen molar-refractivity contribution in [1.82, 2.24) is 35.3 Å². The van der Waals surface area contributed by atoms with Crippen LogP contribution in [0.1, 0.15) is 37.3 Å². The maximum Gasteiger partial charge on any atom is 0.231 e. The highest BCUT2D eigenvalue weighted by Gasteiger charge is 2.32. The third kappa shape index (κ3) is 3.96. The summed E-state index contributed by atoms with van der Waals surface area (Å²) in [4.78, 5) is 19.9. The van der Waals surface area contributed by atoms with Gasteiger partial charge < -0.3 is 19.5 Å². The Morgan fingerprint density at radius 2 is 2.06 bits per heavy atom. The van der Waals surface area contributed by atoms with Gasteiger partial charge in [0.1, 0.15) is 5.82 Å². The van der Waals surface area contributed by atoms with Gasteiger partial charge in [-0.1, -0.05) is 12.1 Å². The molecule has 0 bridgehead atoms. The summed E-state index contributed by atoms with van der Waals surface area (Å²) in [5.74, 6) is 3.56. The molecule has 32 heavy (non-hydrogen) atoms. The van der Waals surface area contributed by atoms with Crippen LogP contribution >= 0.6 is 0 Å². The Morgan fingerprint density at radius 1 is 1.19 bits per heavy atom. The van der Waals surface area contributed by atoms with Crippen molar-refractivity contribution in [1.29, 1.82) is 0 Å². The molecule has 164 valence electrons. The van der Waals surface area contributed by atoms with Crippen LogP contribution in [0.5, 0.6) is 5.88 Å². The number of aryl methyl sites for hydroxylation is 1. The number of rotatable bonds is 7. The molecule has 0 radical (unpaired) electrons. The highest BCUT2D eigenvalue weighted by Crippen LogP contribution is 2.37. The number of H-pyrrole nitrogens is 1. The lowest BCUT2D eigenvalue weighted by Gasteiger charge is -2.23. The van der Waals surface area contributed by atoms with Crippen LogP contribution in [0.3, 0.4) is 0 Å². The van der Waals surface area contributed by atoms with Crippen LogP contribution in [0, 0.1) is 0 Å². The molecule has 0 amide bonds. The van der Waals surface area contributed by atoms with E-state index in [0.29, 0.717) is 35.0 Å². The normalized spacial score (nSPS) is 15.8. The van der Waals surface area contributed by atoms with Crippen LogP contribution in [-0.2, 0) is 6.42 Å². The topological polar surface area (TPSA) is 131 Å². The van der Waals surface area contributed by atoms with E-state index in [4.69, 9.17) is 14.2 Å². The van der Waals surface area contributed by atoms with E-state index in [1.807, 2.05) is 12.1 Å². The molecule has 0 aromatic carbocycles. The molecule has 1 unspecified atom stereocenters. The molecule has 1 atom stereocenters. The van der Waals surface area contributed by atoms with Crippen LogP contribution in [0.4, 0.5) is 17.6 Å². The molecule has 0 saturated carbocycles. The first-order valence-corrected chi connectivity index (χ1v) is 10.5. The van der Waals surface area contributed by atoms with Crippen molar-refractivity contribution in [3.63, 3.8) is 0 Å². The van der Waals surface area contributed by atoms with E-state index in [2.05, 4.69) is 47.4 Å². The molecule has 4 aromatic rings. The molecular weight excluding hydrogens is 410 g/mol. The summed E-state index contributed by atoms with van der Waals surface area (Å²) in [6.45, 7) is 2.85. The van der Waals surface area contributed by atoms with Crippen molar-refractivity contribution in [2.24, 2.45) is 0 Å². The molecule has 0 spiro atoms. The van der Waals surface area contributed by atoms with Crippen molar-refractivity contribution in [3.05, 3.63) is 48.1 Å². The van der Waals surface area contributed by atoms with Gasteiger partial charge in [0.15, 0.2) is 23.1 Å². The SMILES string of the molecule is CCc1cc(Nc2cc(OC)nc(N3CCCC3c3cc(-c4ncccn4)no3)n2)n[nH]1. The second-order valence-electron chi connectivity index (χ2n) is 7.39. The Labute approximate surface area is 184 Å². The Kier molecular flexibility index (Phi) is 5.36. The number of nitrogens with zero attached hydrogens (tertiary/aromatic N) is 7. The molecule has 1 fully saturated rings. The fourth-order valence-corrected chi connectivity index (χ4v) is 3.73. The molecular formula is C21H23N9O2. The number of aromatic amines is 1. The Bertz CT molecular complexity index is 1190. The predicted octanol–water partition coefficient (Wildman–Crippen LogP) is 3.30. The number of methoxy groups -OCH3 is 1.